The lowest BCUT2D eigenvalue weighted by Crippen LogP contribution is -2.49. The van der Waals surface area contributed by atoms with Crippen LogP contribution in [0.3, 0.4) is 0 Å². The molecule has 21 heteroatoms. The highest BCUT2D eigenvalue weighted by Crippen LogP contribution is 2.38. The lowest BCUT2D eigenvalue weighted by molar-refractivity contribution is 0.0488. The van der Waals surface area contributed by atoms with E-state index in [1.807, 2.05) is 99.2 Å². The molecule has 4 aromatic heterocycles. The number of piperidine rings is 2. The summed E-state index contributed by atoms with van der Waals surface area (Å²) in [6.07, 6.45) is 2.32. The van der Waals surface area contributed by atoms with Gasteiger partial charge in [0.1, 0.15) is 38.9 Å². The average Bonchev–Trinajstić information content (AvgIpc) is 3.81. The molecule has 0 radical (unpaired) electrons. The van der Waals surface area contributed by atoms with Gasteiger partial charge in [-0.1, -0.05) is 71.2 Å². The fourth-order valence-corrected chi connectivity index (χ4v) is 10.1. The topological polar surface area (TPSA) is 181 Å². The lowest BCUT2D eigenvalue weighted by atomic mass is 10.1. The Morgan fingerprint density at radius 3 is 1.56 bits per heavy atom. The van der Waals surface area contributed by atoms with Crippen LogP contribution in [0.25, 0.3) is 22.1 Å². The molecule has 2 aromatic carbocycles. The van der Waals surface area contributed by atoms with Crippen molar-refractivity contribution in [3.63, 3.8) is 0 Å². The molecule has 0 aliphatic carbocycles. The second-order valence-corrected chi connectivity index (χ2v) is 21.4. The van der Waals surface area contributed by atoms with Gasteiger partial charge in [-0.2, -0.15) is 0 Å². The monoisotopic (exact) mass is 1040 g/mol. The normalized spacial score (nSPS) is 16.5. The summed E-state index contributed by atoms with van der Waals surface area (Å²) in [6, 6.07) is 16.5. The van der Waals surface area contributed by atoms with E-state index < -0.39 is 34.6 Å². The molecule has 2 aliphatic rings. The summed E-state index contributed by atoms with van der Waals surface area (Å²) in [5.74, 6) is 1.41. The highest BCUT2D eigenvalue weighted by molar-refractivity contribution is 6.38. The minimum absolute atomic E-state index is 0.114. The first-order chi connectivity index (χ1) is 33.3. The first-order valence-electron chi connectivity index (χ1n) is 23.6. The Hall–Kier alpha value is -6.11. The average molecular weight is 1040 g/mol. The number of nitrogens with one attached hydrogen (secondary N) is 2. The van der Waals surface area contributed by atoms with Crippen LogP contribution in [0.15, 0.2) is 73.8 Å². The highest BCUT2D eigenvalue weighted by Gasteiger charge is 2.32. The predicted octanol–water partition coefficient (Wildman–Crippen LogP) is 7.12. The van der Waals surface area contributed by atoms with Gasteiger partial charge in [-0.25, -0.2) is 19.2 Å². The van der Waals surface area contributed by atoms with Crippen molar-refractivity contribution in [1.82, 2.24) is 38.0 Å². The molecule has 18 nitrogen and oxygen atoms in total. The first-order valence-corrected chi connectivity index (χ1v) is 24.7. The number of fused-ring (bicyclic) bond motifs is 2. The summed E-state index contributed by atoms with van der Waals surface area (Å²) in [4.78, 5) is 80.9. The quantitative estimate of drug-likeness (QED) is 0.159. The number of nitrogens with zero attached hydrogens (tertiary/aromatic N) is 8. The van der Waals surface area contributed by atoms with Gasteiger partial charge in [0.15, 0.2) is 0 Å². The van der Waals surface area contributed by atoms with E-state index in [0.717, 1.165) is 58.3 Å². The molecule has 0 unspecified atom stereocenters. The van der Waals surface area contributed by atoms with Crippen molar-refractivity contribution in [2.24, 2.45) is 28.2 Å². The molecular formula is C50H63Cl3N10O8. The molecule has 6 heterocycles. The number of alkyl carbamates (subject to hydrolysis) is 2. The van der Waals surface area contributed by atoms with Crippen molar-refractivity contribution >= 4 is 80.7 Å². The lowest BCUT2D eigenvalue weighted by Gasteiger charge is -2.35. The zero-order valence-corrected chi connectivity index (χ0v) is 44.2. The van der Waals surface area contributed by atoms with Gasteiger partial charge in [-0.3, -0.25) is 27.9 Å². The molecule has 2 atom stereocenters. The molecular weight excluding hydrogens is 975 g/mol. The van der Waals surface area contributed by atoms with Crippen LogP contribution in [0.4, 0.5) is 21.2 Å². The van der Waals surface area contributed by atoms with E-state index in [2.05, 4.69) is 20.4 Å². The number of ether oxygens (including phenoxy) is 2. The maximum atomic E-state index is 13.3. The Kier molecular flexibility index (Phi) is 15.5. The number of anilines is 2. The number of benzene rings is 2. The number of aryl methyl sites for hydroxylation is 2. The summed E-state index contributed by atoms with van der Waals surface area (Å²) >= 11 is 19.9. The number of hydrogen-bond donors (Lipinski definition) is 2. The van der Waals surface area contributed by atoms with Gasteiger partial charge in [0.2, 0.25) is 0 Å². The first kappa shape index (κ1) is 52.7. The van der Waals surface area contributed by atoms with E-state index in [1.54, 1.807) is 20.2 Å². The van der Waals surface area contributed by atoms with Crippen molar-refractivity contribution in [1.29, 1.82) is 0 Å². The molecule has 2 fully saturated rings. The van der Waals surface area contributed by atoms with Gasteiger partial charge in [0.25, 0.3) is 11.1 Å². The highest BCUT2D eigenvalue weighted by atomic mass is 35.5. The van der Waals surface area contributed by atoms with Crippen LogP contribution < -0.4 is 42.9 Å². The van der Waals surface area contributed by atoms with E-state index >= 15 is 0 Å². The van der Waals surface area contributed by atoms with E-state index in [0.29, 0.717) is 69.1 Å². The molecule has 2 saturated heterocycles. The van der Waals surface area contributed by atoms with Crippen molar-refractivity contribution in [3.8, 4) is 0 Å². The minimum Gasteiger partial charge on any atom is -0.444 e. The molecule has 0 saturated carbocycles. The van der Waals surface area contributed by atoms with Gasteiger partial charge in [0.05, 0.1) is 24.1 Å². The summed E-state index contributed by atoms with van der Waals surface area (Å²) in [7, 11) is 6.20. The summed E-state index contributed by atoms with van der Waals surface area (Å²) in [5, 5.41) is 7.40. The third kappa shape index (κ3) is 11.5. The Morgan fingerprint density at radius 1 is 0.606 bits per heavy atom. The fourth-order valence-electron chi connectivity index (χ4n) is 9.25. The summed E-state index contributed by atoms with van der Waals surface area (Å²) in [5.41, 5.74) is 0.541. The fraction of sp³-hybridized carbons (Fsp3) is 0.480. The van der Waals surface area contributed by atoms with Crippen molar-refractivity contribution < 1.29 is 19.1 Å². The number of amides is 2. The zero-order chi connectivity index (χ0) is 51.9. The molecule has 0 spiro atoms. The van der Waals surface area contributed by atoms with Crippen LogP contribution in [0.1, 0.15) is 78.4 Å². The number of aromatic nitrogens is 6. The molecule has 2 N–H and O–H groups in total. The maximum absolute atomic E-state index is 13.3. The number of halogens is 3. The largest absolute Gasteiger partial charge is 0.444 e. The Morgan fingerprint density at radius 2 is 1.06 bits per heavy atom. The van der Waals surface area contributed by atoms with Crippen LogP contribution in [-0.2, 0) is 50.8 Å². The van der Waals surface area contributed by atoms with Crippen LogP contribution in [0, 0.1) is 0 Å². The SMILES string of the molecule is Cn1c(=O)c2c(c(Cl)c(N3CCC[C@@H](NC(=O)OC(C)(C)C)C3)n2Cc2ccccc2Cl)n(C)c1=O.Cn1c(=O)c2c(cc(N3CCC[C@@H](NC(=O)OC(C)(C)C)C3)n2Cc2ccccc2Cl)n(C)c1=O. The summed E-state index contributed by atoms with van der Waals surface area (Å²) < 4.78 is 19.7. The standard InChI is InChI=1S/C25H31Cl2N5O4.C25H32ClN5O4/c1-25(2,3)36-23(34)28-16-10-8-12-31(14-16)21-18(27)19-20(22(33)30(5)24(35)29(19)4)32(21)13-15-9-6-7-11-17(15)26;1-25(2,3)35-23(33)27-17-10-8-12-30(15-17)20-13-19-21(22(32)29(5)24(34)28(19)4)31(20)14-16-9-6-7-11-18(16)26/h6-7,9,11,16H,8,10,12-14H2,1-5H3,(H,28,34);6-7,9,11,13,17H,8,10,12,14-15H2,1-5H3,(H,27,33)/t16-;17-/m11/s1. The van der Waals surface area contributed by atoms with Gasteiger partial charge < -0.3 is 39.0 Å². The maximum Gasteiger partial charge on any atom is 0.407 e. The van der Waals surface area contributed by atoms with Crippen LogP contribution in [0.2, 0.25) is 15.1 Å². The molecule has 71 heavy (non-hydrogen) atoms. The molecule has 2 aliphatic heterocycles. The Labute approximate surface area is 426 Å². The predicted molar refractivity (Wildman–Crippen MR) is 280 cm³/mol. The van der Waals surface area contributed by atoms with Crippen molar-refractivity contribution in [2.45, 2.75) is 104 Å². The number of rotatable bonds is 8. The minimum atomic E-state index is -0.603. The number of carbonyl (C=O) groups is 2. The smallest absolute Gasteiger partial charge is 0.407 e. The van der Waals surface area contributed by atoms with Gasteiger partial charge in [0, 0.05) is 82.6 Å². The number of carbonyl (C=O) groups excluding carboxylic acids is 2. The molecule has 382 valence electrons. The number of hydrogen-bond acceptors (Lipinski definition) is 10. The Bertz CT molecular complexity index is 3240. The van der Waals surface area contributed by atoms with Gasteiger partial charge in [-0.05, 0) is 90.5 Å². The van der Waals surface area contributed by atoms with Gasteiger partial charge in [-0.15, -0.1) is 0 Å². The summed E-state index contributed by atoms with van der Waals surface area (Å²) in [6.45, 7) is 14.0. The molecule has 8 rings (SSSR count). The van der Waals surface area contributed by atoms with E-state index in [1.165, 1.54) is 23.2 Å². The van der Waals surface area contributed by atoms with Crippen LogP contribution in [0.5, 0.6) is 0 Å². The van der Waals surface area contributed by atoms with Crippen molar-refractivity contribution in [3.05, 3.63) is 122 Å². The van der Waals surface area contributed by atoms with Gasteiger partial charge >= 0.3 is 23.6 Å². The molecule has 6 aromatic rings. The molecule has 0 bridgehead atoms. The van der Waals surface area contributed by atoms with E-state index in [4.69, 9.17) is 44.3 Å². The van der Waals surface area contributed by atoms with Crippen LogP contribution >= 0.6 is 34.8 Å². The second kappa shape index (κ2) is 20.9. The molecule has 2 amide bonds. The van der Waals surface area contributed by atoms with Crippen molar-refractivity contribution in [2.75, 3.05) is 36.0 Å². The van der Waals surface area contributed by atoms with Crippen LogP contribution in [-0.4, -0.2) is 89.1 Å². The van der Waals surface area contributed by atoms with E-state index in [-0.39, 0.29) is 29.9 Å². The third-order valence-electron chi connectivity index (χ3n) is 12.5. The van der Waals surface area contributed by atoms with E-state index in [9.17, 15) is 28.8 Å². The second-order valence-electron chi connectivity index (χ2n) is 20.2. The Balaban J connectivity index is 0.000000209. The zero-order valence-electron chi connectivity index (χ0n) is 41.9. The third-order valence-corrected chi connectivity index (χ3v) is 13.6.